The summed E-state index contributed by atoms with van der Waals surface area (Å²) in [4.78, 5) is 13.6. The summed E-state index contributed by atoms with van der Waals surface area (Å²) in [6.07, 6.45) is 2.20. The maximum absolute atomic E-state index is 10.9. The number of benzene rings is 1. The van der Waals surface area contributed by atoms with E-state index in [0.717, 1.165) is 11.3 Å². The van der Waals surface area contributed by atoms with Gasteiger partial charge in [0, 0.05) is 5.69 Å². The lowest BCUT2D eigenvalue weighted by atomic mass is 10.2. The minimum absolute atomic E-state index is 0.0101. The first-order chi connectivity index (χ1) is 8.54. The topological polar surface area (TPSA) is 73.5 Å². The summed E-state index contributed by atoms with van der Waals surface area (Å²) in [6, 6.07) is 7.65. The Labute approximate surface area is 105 Å². The Balaban J connectivity index is 2.39. The summed E-state index contributed by atoms with van der Waals surface area (Å²) in [7, 11) is 1.61. The molecule has 0 bridgehead atoms. The second-order valence-electron chi connectivity index (χ2n) is 4.18. The number of rotatable bonds is 3. The number of nitrogens with one attached hydrogen (secondary N) is 1. The van der Waals surface area contributed by atoms with E-state index in [9.17, 15) is 10.1 Å². The monoisotopic (exact) mass is 246 g/mol. The van der Waals surface area contributed by atoms with Gasteiger partial charge in [-0.05, 0) is 24.0 Å². The van der Waals surface area contributed by atoms with Crippen molar-refractivity contribution in [2.75, 3.05) is 11.9 Å². The predicted octanol–water partition coefficient (Wildman–Crippen LogP) is 1.80. The van der Waals surface area contributed by atoms with E-state index in [-0.39, 0.29) is 5.82 Å². The highest BCUT2D eigenvalue weighted by atomic mass is 16.6. The number of aryl methyl sites for hydroxylation is 1. The zero-order valence-electron chi connectivity index (χ0n) is 10.2. The van der Waals surface area contributed by atoms with Gasteiger partial charge in [-0.25, -0.2) is 4.90 Å². The summed E-state index contributed by atoms with van der Waals surface area (Å²) >= 11 is 0. The van der Waals surface area contributed by atoms with Gasteiger partial charge in [0.05, 0.1) is 13.3 Å². The molecular weight excluding hydrogens is 232 g/mol. The van der Waals surface area contributed by atoms with Crippen LogP contribution in [0.4, 0.5) is 5.69 Å². The molecular formula is C12H14N4O2. The average molecular weight is 246 g/mol. The number of hydrogen-bond acceptors (Lipinski definition) is 5. The standard InChI is InChI=1S/C12H14N4O2/c1-9-3-5-10(6-4-9)15-8-12(16(17)18)14(2)11(15)7-13/h3-8,11,13H,1-2H3. The van der Waals surface area contributed by atoms with Crippen LogP contribution in [0.25, 0.3) is 0 Å². The van der Waals surface area contributed by atoms with Gasteiger partial charge in [-0.2, -0.15) is 0 Å². The van der Waals surface area contributed by atoms with Gasteiger partial charge in [0.2, 0.25) is 6.17 Å². The Morgan fingerprint density at radius 1 is 1.39 bits per heavy atom. The molecule has 0 spiro atoms. The minimum Gasteiger partial charge on any atom is -0.358 e. The third-order valence-corrected chi connectivity index (χ3v) is 2.97. The van der Waals surface area contributed by atoms with Gasteiger partial charge in [-0.1, -0.05) is 17.7 Å². The van der Waals surface area contributed by atoms with Crippen LogP contribution in [0.2, 0.25) is 0 Å². The molecule has 0 fully saturated rings. The van der Waals surface area contributed by atoms with Crippen molar-refractivity contribution in [1.29, 1.82) is 5.41 Å². The third kappa shape index (κ3) is 1.92. The van der Waals surface area contributed by atoms with Gasteiger partial charge >= 0.3 is 5.82 Å². The van der Waals surface area contributed by atoms with Crippen LogP contribution in [0, 0.1) is 22.4 Å². The molecule has 6 heteroatoms. The van der Waals surface area contributed by atoms with Gasteiger partial charge in [-0.15, -0.1) is 0 Å². The van der Waals surface area contributed by atoms with Crippen LogP contribution in [-0.2, 0) is 0 Å². The number of anilines is 1. The van der Waals surface area contributed by atoms with Gasteiger partial charge in [0.1, 0.15) is 6.20 Å². The van der Waals surface area contributed by atoms with Crippen molar-refractivity contribution in [3.63, 3.8) is 0 Å². The van der Waals surface area contributed by atoms with Crippen LogP contribution in [0.3, 0.4) is 0 Å². The lowest BCUT2D eigenvalue weighted by molar-refractivity contribution is -0.443. The lowest BCUT2D eigenvalue weighted by Gasteiger charge is -2.22. The summed E-state index contributed by atoms with van der Waals surface area (Å²) in [5, 5.41) is 18.3. The van der Waals surface area contributed by atoms with Crippen molar-refractivity contribution in [2.45, 2.75) is 13.1 Å². The van der Waals surface area contributed by atoms with Crippen LogP contribution in [-0.4, -0.2) is 29.3 Å². The van der Waals surface area contributed by atoms with Gasteiger partial charge < -0.3 is 15.5 Å². The van der Waals surface area contributed by atoms with Crippen molar-refractivity contribution in [3.8, 4) is 0 Å². The highest BCUT2D eigenvalue weighted by Gasteiger charge is 2.37. The Kier molecular flexibility index (Phi) is 3.01. The van der Waals surface area contributed by atoms with E-state index in [1.807, 2.05) is 31.2 Å². The van der Waals surface area contributed by atoms with Crippen LogP contribution in [0.1, 0.15) is 5.56 Å². The molecule has 0 amide bonds. The molecule has 1 atom stereocenters. The minimum atomic E-state index is -0.451. The third-order valence-electron chi connectivity index (χ3n) is 2.97. The fourth-order valence-electron chi connectivity index (χ4n) is 1.93. The summed E-state index contributed by atoms with van der Waals surface area (Å²) in [6.45, 7) is 1.98. The molecule has 94 valence electrons. The molecule has 1 unspecified atom stereocenters. The van der Waals surface area contributed by atoms with Crippen LogP contribution < -0.4 is 4.90 Å². The van der Waals surface area contributed by atoms with E-state index < -0.39 is 11.1 Å². The molecule has 1 aliphatic heterocycles. The molecule has 6 nitrogen and oxygen atoms in total. The summed E-state index contributed by atoms with van der Waals surface area (Å²) in [5.74, 6) is -0.0101. The predicted molar refractivity (Wildman–Crippen MR) is 69.1 cm³/mol. The Morgan fingerprint density at radius 3 is 2.50 bits per heavy atom. The van der Waals surface area contributed by atoms with Gasteiger partial charge in [0.25, 0.3) is 0 Å². The molecule has 18 heavy (non-hydrogen) atoms. The van der Waals surface area contributed by atoms with Crippen molar-refractivity contribution in [3.05, 3.63) is 52.0 Å². The van der Waals surface area contributed by atoms with Crippen molar-refractivity contribution >= 4 is 11.9 Å². The molecule has 1 heterocycles. The van der Waals surface area contributed by atoms with E-state index in [1.165, 1.54) is 17.3 Å². The normalized spacial score (nSPS) is 18.8. The second kappa shape index (κ2) is 4.48. The zero-order valence-corrected chi connectivity index (χ0v) is 10.2. The van der Waals surface area contributed by atoms with Gasteiger partial charge in [-0.3, -0.25) is 4.90 Å². The van der Waals surface area contributed by atoms with Crippen LogP contribution in [0.5, 0.6) is 0 Å². The summed E-state index contributed by atoms with van der Waals surface area (Å²) < 4.78 is 0. The average Bonchev–Trinajstić information content (AvgIpc) is 2.67. The zero-order chi connectivity index (χ0) is 13.3. The lowest BCUT2D eigenvalue weighted by Crippen LogP contribution is -2.39. The van der Waals surface area contributed by atoms with Gasteiger partial charge in [0.15, 0.2) is 0 Å². The molecule has 0 saturated heterocycles. The molecule has 2 rings (SSSR count). The first-order valence-corrected chi connectivity index (χ1v) is 5.49. The Hall–Kier alpha value is -2.37. The van der Waals surface area contributed by atoms with E-state index in [1.54, 1.807) is 11.9 Å². The first-order valence-electron chi connectivity index (χ1n) is 5.49. The smallest absolute Gasteiger partial charge is 0.336 e. The van der Waals surface area contributed by atoms with E-state index in [0.29, 0.717) is 0 Å². The molecule has 1 aromatic rings. The Morgan fingerprint density at radius 2 is 2.00 bits per heavy atom. The molecule has 1 aliphatic rings. The molecule has 0 aliphatic carbocycles. The quantitative estimate of drug-likeness (QED) is 0.501. The molecule has 1 aromatic carbocycles. The van der Waals surface area contributed by atoms with E-state index >= 15 is 0 Å². The number of hydrogen-bond donors (Lipinski definition) is 1. The highest BCUT2D eigenvalue weighted by molar-refractivity contribution is 5.71. The maximum atomic E-state index is 10.9. The highest BCUT2D eigenvalue weighted by Crippen LogP contribution is 2.27. The fourth-order valence-corrected chi connectivity index (χ4v) is 1.93. The van der Waals surface area contributed by atoms with Crippen molar-refractivity contribution in [2.24, 2.45) is 0 Å². The van der Waals surface area contributed by atoms with Crippen molar-refractivity contribution < 1.29 is 4.92 Å². The first kappa shape index (κ1) is 12.1. The van der Waals surface area contributed by atoms with Crippen LogP contribution in [0.15, 0.2) is 36.3 Å². The Bertz CT molecular complexity index is 509. The van der Waals surface area contributed by atoms with E-state index in [2.05, 4.69) is 0 Å². The SMILES string of the molecule is Cc1ccc(N2C=C([N+](=O)[O-])N(C)C2C=N)cc1. The second-order valence-corrected chi connectivity index (χ2v) is 4.18. The number of nitrogens with zero attached hydrogens (tertiary/aromatic N) is 3. The van der Waals surface area contributed by atoms with E-state index in [4.69, 9.17) is 5.41 Å². The molecule has 0 aromatic heterocycles. The number of nitro groups is 1. The molecule has 0 radical (unpaired) electrons. The van der Waals surface area contributed by atoms with Crippen LogP contribution >= 0.6 is 0 Å². The fraction of sp³-hybridized carbons (Fsp3) is 0.250. The molecule has 0 saturated carbocycles. The largest absolute Gasteiger partial charge is 0.358 e. The molecule has 1 N–H and O–H groups in total. The maximum Gasteiger partial charge on any atom is 0.336 e. The van der Waals surface area contributed by atoms with Crippen molar-refractivity contribution in [1.82, 2.24) is 4.90 Å². The summed E-state index contributed by atoms with van der Waals surface area (Å²) in [5.41, 5.74) is 1.95.